The van der Waals surface area contributed by atoms with Crippen LogP contribution in [0.25, 0.3) is 0 Å². The van der Waals surface area contributed by atoms with E-state index in [1.165, 1.54) is 17.1 Å². The molecule has 0 radical (unpaired) electrons. The molecule has 0 spiro atoms. The first-order valence-electron chi connectivity index (χ1n) is 5.34. The molecule has 1 aromatic carbocycles. The monoisotopic (exact) mass is 288 g/mol. The Labute approximate surface area is 111 Å². The van der Waals surface area contributed by atoms with Crippen molar-refractivity contribution in [3.05, 3.63) is 35.7 Å². The first kappa shape index (κ1) is 13.9. The molecule has 0 amide bonds. The average molecular weight is 288 g/mol. The lowest BCUT2D eigenvalue weighted by atomic mass is 10.1. The maximum atomic E-state index is 13.0. The molecular formula is C11H11F3N4S. The maximum absolute atomic E-state index is 13.0. The van der Waals surface area contributed by atoms with Crippen LogP contribution in [0.2, 0.25) is 0 Å². The summed E-state index contributed by atoms with van der Waals surface area (Å²) in [5.74, 6) is 0. The molecule has 0 aliphatic rings. The van der Waals surface area contributed by atoms with Crippen molar-refractivity contribution in [3.8, 4) is 0 Å². The first-order valence-corrected chi connectivity index (χ1v) is 6.15. The quantitative estimate of drug-likeness (QED) is 0.942. The predicted octanol–water partition coefficient (Wildman–Crippen LogP) is 2.44. The van der Waals surface area contributed by atoms with Crippen LogP contribution in [-0.4, -0.2) is 14.8 Å². The van der Waals surface area contributed by atoms with Gasteiger partial charge in [0.1, 0.15) is 6.33 Å². The van der Waals surface area contributed by atoms with E-state index in [2.05, 4.69) is 10.1 Å². The van der Waals surface area contributed by atoms with Gasteiger partial charge in [-0.15, -0.1) is 0 Å². The number of rotatable bonds is 3. The van der Waals surface area contributed by atoms with E-state index in [4.69, 9.17) is 5.73 Å². The molecule has 0 aliphatic heterocycles. The number of nitrogens with two attached hydrogens (primary N) is 1. The summed E-state index contributed by atoms with van der Waals surface area (Å²) in [7, 11) is 1.62. The summed E-state index contributed by atoms with van der Waals surface area (Å²) in [6, 6.07) is 4.05. The molecule has 0 saturated carbocycles. The zero-order valence-corrected chi connectivity index (χ0v) is 10.8. The van der Waals surface area contributed by atoms with Gasteiger partial charge in [0.2, 0.25) is 0 Å². The predicted molar refractivity (Wildman–Crippen MR) is 64.5 cm³/mol. The number of aromatic nitrogens is 3. The van der Waals surface area contributed by atoms with E-state index in [0.29, 0.717) is 10.7 Å². The zero-order valence-electron chi connectivity index (χ0n) is 9.98. The third-order valence-electron chi connectivity index (χ3n) is 2.46. The van der Waals surface area contributed by atoms with Crippen molar-refractivity contribution in [2.45, 2.75) is 22.8 Å². The molecule has 0 unspecified atom stereocenters. The van der Waals surface area contributed by atoms with Gasteiger partial charge in [-0.1, -0.05) is 6.07 Å². The van der Waals surface area contributed by atoms with Crippen molar-refractivity contribution < 1.29 is 13.2 Å². The Kier molecular flexibility index (Phi) is 3.81. The lowest BCUT2D eigenvalue weighted by molar-refractivity contribution is -0.139. The van der Waals surface area contributed by atoms with Gasteiger partial charge in [0, 0.05) is 18.5 Å². The van der Waals surface area contributed by atoms with Crippen LogP contribution < -0.4 is 5.73 Å². The molecule has 8 heteroatoms. The van der Waals surface area contributed by atoms with Crippen LogP contribution in [0.1, 0.15) is 11.1 Å². The topological polar surface area (TPSA) is 56.7 Å². The van der Waals surface area contributed by atoms with Gasteiger partial charge < -0.3 is 5.73 Å². The second-order valence-electron chi connectivity index (χ2n) is 3.80. The summed E-state index contributed by atoms with van der Waals surface area (Å²) in [6.07, 6.45) is -3.13. The fraction of sp³-hybridized carbons (Fsp3) is 0.273. The SMILES string of the molecule is Cn1ncnc1Sc1ccc(CN)cc1C(F)(F)F. The molecule has 19 heavy (non-hydrogen) atoms. The van der Waals surface area contributed by atoms with Gasteiger partial charge in [-0.2, -0.15) is 18.3 Å². The fourth-order valence-corrected chi connectivity index (χ4v) is 2.39. The second-order valence-corrected chi connectivity index (χ2v) is 4.81. The maximum Gasteiger partial charge on any atom is 0.417 e. The molecule has 2 N–H and O–H groups in total. The van der Waals surface area contributed by atoms with Gasteiger partial charge >= 0.3 is 6.18 Å². The Hall–Kier alpha value is -1.54. The van der Waals surface area contributed by atoms with E-state index in [1.807, 2.05) is 0 Å². The Morgan fingerprint density at radius 1 is 1.37 bits per heavy atom. The highest BCUT2D eigenvalue weighted by atomic mass is 32.2. The van der Waals surface area contributed by atoms with Crippen molar-refractivity contribution in [2.24, 2.45) is 12.8 Å². The Bertz CT molecular complexity index is 580. The van der Waals surface area contributed by atoms with E-state index in [9.17, 15) is 13.2 Å². The summed E-state index contributed by atoms with van der Waals surface area (Å²) in [5.41, 5.74) is 5.11. The number of benzene rings is 1. The number of hydrogen-bond acceptors (Lipinski definition) is 4. The minimum atomic E-state index is -4.42. The van der Waals surface area contributed by atoms with Crippen molar-refractivity contribution >= 4 is 11.8 Å². The lowest BCUT2D eigenvalue weighted by Crippen LogP contribution is -2.09. The summed E-state index contributed by atoms with van der Waals surface area (Å²) >= 11 is 0.922. The minimum absolute atomic E-state index is 0.0674. The summed E-state index contributed by atoms with van der Waals surface area (Å²) < 4.78 is 40.4. The first-order chi connectivity index (χ1) is 8.91. The van der Waals surface area contributed by atoms with Gasteiger partial charge in [-0.3, -0.25) is 0 Å². The number of alkyl halides is 3. The average Bonchev–Trinajstić information content (AvgIpc) is 2.74. The molecule has 1 heterocycles. The van der Waals surface area contributed by atoms with Gasteiger partial charge in [-0.05, 0) is 29.5 Å². The van der Waals surface area contributed by atoms with E-state index < -0.39 is 11.7 Å². The summed E-state index contributed by atoms with van der Waals surface area (Å²) in [6.45, 7) is 0.0674. The smallest absolute Gasteiger partial charge is 0.326 e. The van der Waals surface area contributed by atoms with Crippen LogP contribution in [-0.2, 0) is 19.8 Å². The molecule has 0 saturated heterocycles. The number of hydrogen-bond donors (Lipinski definition) is 1. The minimum Gasteiger partial charge on any atom is -0.326 e. The van der Waals surface area contributed by atoms with Crippen LogP contribution in [0.4, 0.5) is 13.2 Å². The molecule has 2 rings (SSSR count). The van der Waals surface area contributed by atoms with Crippen LogP contribution in [0.5, 0.6) is 0 Å². The van der Waals surface area contributed by atoms with Crippen LogP contribution in [0.15, 0.2) is 34.6 Å². The van der Waals surface area contributed by atoms with Crippen molar-refractivity contribution in [1.82, 2.24) is 14.8 Å². The zero-order chi connectivity index (χ0) is 14.0. The molecule has 1 aromatic heterocycles. The van der Waals surface area contributed by atoms with Gasteiger partial charge in [0.15, 0.2) is 5.16 Å². The highest BCUT2D eigenvalue weighted by Gasteiger charge is 2.34. The van der Waals surface area contributed by atoms with Gasteiger partial charge in [-0.25, -0.2) is 9.67 Å². The van der Waals surface area contributed by atoms with E-state index in [0.717, 1.165) is 17.8 Å². The molecule has 4 nitrogen and oxygen atoms in total. The largest absolute Gasteiger partial charge is 0.417 e. The Morgan fingerprint density at radius 2 is 2.11 bits per heavy atom. The van der Waals surface area contributed by atoms with E-state index in [1.54, 1.807) is 13.1 Å². The Morgan fingerprint density at radius 3 is 2.63 bits per heavy atom. The molecular weight excluding hydrogens is 277 g/mol. The van der Waals surface area contributed by atoms with Crippen molar-refractivity contribution in [3.63, 3.8) is 0 Å². The van der Waals surface area contributed by atoms with Crippen molar-refractivity contribution in [2.75, 3.05) is 0 Å². The molecule has 0 fully saturated rings. The molecule has 2 aromatic rings. The fourth-order valence-electron chi connectivity index (χ4n) is 1.49. The summed E-state index contributed by atoms with van der Waals surface area (Å²) in [4.78, 5) is 3.98. The highest BCUT2D eigenvalue weighted by Crippen LogP contribution is 2.39. The van der Waals surface area contributed by atoms with Crippen LogP contribution >= 0.6 is 11.8 Å². The van der Waals surface area contributed by atoms with Crippen LogP contribution in [0, 0.1) is 0 Å². The second kappa shape index (κ2) is 5.22. The van der Waals surface area contributed by atoms with Gasteiger partial charge in [0.25, 0.3) is 0 Å². The summed E-state index contributed by atoms with van der Waals surface area (Å²) in [5, 5.41) is 4.22. The molecule has 0 bridgehead atoms. The lowest BCUT2D eigenvalue weighted by Gasteiger charge is -2.13. The third kappa shape index (κ3) is 3.07. The number of nitrogens with zero attached hydrogens (tertiary/aromatic N) is 3. The van der Waals surface area contributed by atoms with Crippen LogP contribution in [0.3, 0.4) is 0 Å². The normalized spacial score (nSPS) is 11.8. The van der Waals surface area contributed by atoms with Gasteiger partial charge in [0.05, 0.1) is 5.56 Å². The standard InChI is InChI=1S/C11H11F3N4S/c1-18-10(16-6-17-18)19-9-3-2-7(5-15)4-8(9)11(12,13)14/h2-4,6H,5,15H2,1H3. The number of halogens is 3. The number of aryl methyl sites for hydroxylation is 1. The third-order valence-corrected chi connectivity index (χ3v) is 3.58. The molecule has 102 valence electrons. The van der Waals surface area contributed by atoms with E-state index in [-0.39, 0.29) is 11.4 Å². The molecule has 0 atom stereocenters. The molecule has 0 aliphatic carbocycles. The van der Waals surface area contributed by atoms with Crippen molar-refractivity contribution in [1.29, 1.82) is 0 Å². The Balaban J connectivity index is 2.42. The highest BCUT2D eigenvalue weighted by molar-refractivity contribution is 7.99. The van der Waals surface area contributed by atoms with E-state index >= 15 is 0 Å².